The van der Waals surface area contributed by atoms with Gasteiger partial charge in [-0.15, -0.1) is 0 Å². The van der Waals surface area contributed by atoms with E-state index in [0.717, 1.165) is 10.5 Å². The fourth-order valence-corrected chi connectivity index (χ4v) is 3.75. The smallest absolute Gasteiger partial charge is 0.194 e. The molecular formula is C18H12BrFN2OS. The van der Waals surface area contributed by atoms with Crippen molar-refractivity contribution in [3.8, 4) is 6.07 Å². The number of halogens is 2. The maximum absolute atomic E-state index is 14.3. The number of nitrogens with zero attached hydrogens (tertiary/aromatic N) is 2. The quantitative estimate of drug-likeness (QED) is 0.540. The maximum atomic E-state index is 14.3. The van der Waals surface area contributed by atoms with Crippen LogP contribution in [0.5, 0.6) is 0 Å². The predicted molar refractivity (Wildman–Crippen MR) is 96.6 cm³/mol. The topological polar surface area (TPSA) is 45.8 Å². The van der Waals surface area contributed by atoms with Crippen LogP contribution >= 0.6 is 27.9 Å². The van der Waals surface area contributed by atoms with E-state index < -0.39 is 5.82 Å². The van der Waals surface area contributed by atoms with Gasteiger partial charge in [-0.3, -0.25) is 8.77 Å². The summed E-state index contributed by atoms with van der Waals surface area (Å²) in [5, 5.41) is 9.17. The number of carbonyl (C=O) groups is 1. The van der Waals surface area contributed by atoms with Gasteiger partial charge in [0.1, 0.15) is 12.2 Å². The van der Waals surface area contributed by atoms with Gasteiger partial charge in [0.05, 0.1) is 17.3 Å². The zero-order valence-electron chi connectivity index (χ0n) is 12.7. The molecule has 0 bridgehead atoms. The van der Waals surface area contributed by atoms with Gasteiger partial charge in [-0.05, 0) is 49.2 Å². The summed E-state index contributed by atoms with van der Waals surface area (Å²) in [7, 11) is 0. The van der Waals surface area contributed by atoms with Gasteiger partial charge in [0.15, 0.2) is 5.78 Å². The summed E-state index contributed by atoms with van der Waals surface area (Å²) in [6.45, 7) is 1.99. The molecule has 24 heavy (non-hydrogen) atoms. The summed E-state index contributed by atoms with van der Waals surface area (Å²) in [5.74, 6) is -0.738. The van der Waals surface area contributed by atoms with Crippen LogP contribution in [0.1, 0.15) is 22.5 Å². The van der Waals surface area contributed by atoms with E-state index in [1.165, 1.54) is 24.1 Å². The molecule has 0 aliphatic carbocycles. The summed E-state index contributed by atoms with van der Waals surface area (Å²) >= 11 is 4.62. The molecule has 120 valence electrons. The monoisotopic (exact) mass is 402 g/mol. The van der Waals surface area contributed by atoms with Crippen LogP contribution in [0.15, 0.2) is 51.8 Å². The Morgan fingerprint density at radius 2 is 2.00 bits per heavy atom. The summed E-state index contributed by atoms with van der Waals surface area (Å²) in [6, 6.07) is 14.3. The summed E-state index contributed by atoms with van der Waals surface area (Å²) < 4.78 is 16.5. The van der Waals surface area contributed by atoms with Gasteiger partial charge in [0.2, 0.25) is 0 Å². The number of aryl methyl sites for hydroxylation is 1. The molecule has 0 aliphatic heterocycles. The van der Waals surface area contributed by atoms with Crippen LogP contribution in [0.25, 0.3) is 10.9 Å². The number of carbonyl (C=O) groups excluding carboxylic acids is 1. The second-order valence-corrected chi connectivity index (χ2v) is 7.24. The number of Topliss-reactive ketones (excluding diaryl/α,β-unsaturated/α-hetero) is 1. The first-order chi connectivity index (χ1) is 11.5. The zero-order chi connectivity index (χ0) is 17.3. The molecule has 0 amide bonds. The number of benzene rings is 2. The Hall–Kier alpha value is -2.10. The van der Waals surface area contributed by atoms with Gasteiger partial charge in [-0.2, -0.15) is 5.26 Å². The van der Waals surface area contributed by atoms with Gasteiger partial charge in [-0.25, -0.2) is 4.39 Å². The first-order valence-electron chi connectivity index (χ1n) is 7.15. The third kappa shape index (κ3) is 3.23. The minimum atomic E-state index is -0.409. The summed E-state index contributed by atoms with van der Waals surface area (Å²) in [5.41, 5.74) is 2.04. The van der Waals surface area contributed by atoms with E-state index in [-0.39, 0.29) is 12.2 Å². The second-order valence-electron chi connectivity index (χ2n) is 5.31. The largest absolute Gasteiger partial charge is 0.291 e. The lowest BCUT2D eigenvalue weighted by Gasteiger charge is -2.09. The summed E-state index contributed by atoms with van der Waals surface area (Å²) in [6.07, 6.45) is -0.242. The molecule has 0 saturated carbocycles. The van der Waals surface area contributed by atoms with Crippen LogP contribution in [0.2, 0.25) is 0 Å². The van der Waals surface area contributed by atoms with Crippen LogP contribution in [0.3, 0.4) is 0 Å². The Morgan fingerprint density at radius 1 is 1.29 bits per heavy atom. The average molecular weight is 403 g/mol. The van der Waals surface area contributed by atoms with E-state index in [1.807, 2.05) is 37.3 Å². The van der Waals surface area contributed by atoms with E-state index in [1.54, 1.807) is 10.0 Å². The lowest BCUT2D eigenvalue weighted by molar-refractivity contribution is 0.0993. The van der Waals surface area contributed by atoms with Crippen molar-refractivity contribution in [2.24, 2.45) is 0 Å². The number of nitriles is 1. The molecule has 2 aromatic carbocycles. The van der Waals surface area contributed by atoms with Crippen LogP contribution < -0.4 is 0 Å². The minimum absolute atomic E-state index is 0.242. The highest BCUT2D eigenvalue weighted by molar-refractivity contribution is 9.10. The van der Waals surface area contributed by atoms with Crippen molar-refractivity contribution in [3.63, 3.8) is 0 Å². The molecular weight excluding hydrogens is 391 g/mol. The van der Waals surface area contributed by atoms with Crippen molar-refractivity contribution in [2.75, 3.05) is 0 Å². The highest BCUT2D eigenvalue weighted by Gasteiger charge is 2.19. The SMILES string of the molecule is Cc1ccc(Sn2c(C(=O)CC#N)cc3c(F)cc(Br)cc32)cc1. The van der Waals surface area contributed by atoms with Crippen molar-refractivity contribution in [1.29, 1.82) is 5.26 Å². The lowest BCUT2D eigenvalue weighted by atomic mass is 10.2. The van der Waals surface area contributed by atoms with Crippen molar-refractivity contribution in [2.45, 2.75) is 18.2 Å². The van der Waals surface area contributed by atoms with Gasteiger partial charge >= 0.3 is 0 Å². The van der Waals surface area contributed by atoms with Crippen molar-refractivity contribution in [1.82, 2.24) is 3.97 Å². The van der Waals surface area contributed by atoms with Crippen LogP contribution in [0.4, 0.5) is 4.39 Å². The number of hydrogen-bond donors (Lipinski definition) is 0. The van der Waals surface area contributed by atoms with Gasteiger partial charge < -0.3 is 0 Å². The molecule has 0 fully saturated rings. The Morgan fingerprint density at radius 3 is 2.67 bits per heavy atom. The zero-order valence-corrected chi connectivity index (χ0v) is 15.1. The van der Waals surface area contributed by atoms with E-state index in [2.05, 4.69) is 15.9 Å². The Kier molecular flexibility index (Phi) is 4.74. The average Bonchev–Trinajstić information content (AvgIpc) is 2.89. The lowest BCUT2D eigenvalue weighted by Crippen LogP contribution is -2.03. The third-order valence-corrected chi connectivity index (χ3v) is 5.05. The third-order valence-electron chi connectivity index (χ3n) is 3.53. The predicted octanol–water partition coefficient (Wildman–Crippen LogP) is 5.50. The Bertz CT molecular complexity index is 973. The Balaban J connectivity index is 2.18. The standard InChI is InChI=1S/C18H12BrFN2OS/c1-11-2-4-13(5-3-11)24-22-16-9-12(19)8-15(20)14(16)10-17(22)18(23)6-7-21/h2-5,8-10H,6H2,1H3. The van der Waals surface area contributed by atoms with Gasteiger partial charge in [-0.1, -0.05) is 33.6 Å². The van der Waals surface area contributed by atoms with Crippen molar-refractivity contribution >= 4 is 44.6 Å². The normalized spacial score (nSPS) is 10.8. The molecule has 3 aromatic rings. The van der Waals surface area contributed by atoms with Crippen LogP contribution in [0, 0.1) is 24.1 Å². The number of aromatic nitrogens is 1. The molecule has 0 radical (unpaired) electrons. The number of rotatable bonds is 4. The molecule has 0 spiro atoms. The maximum Gasteiger partial charge on any atom is 0.194 e. The first-order valence-corrected chi connectivity index (χ1v) is 8.72. The fourth-order valence-electron chi connectivity index (χ4n) is 2.37. The number of fused-ring (bicyclic) bond motifs is 1. The van der Waals surface area contributed by atoms with Crippen LogP contribution in [-0.4, -0.2) is 9.76 Å². The number of hydrogen-bond acceptors (Lipinski definition) is 3. The molecule has 0 saturated heterocycles. The van der Waals surface area contributed by atoms with E-state index in [0.29, 0.717) is 21.1 Å². The molecule has 0 N–H and O–H groups in total. The first kappa shape index (κ1) is 16.7. The van der Waals surface area contributed by atoms with Gasteiger partial charge in [0, 0.05) is 14.8 Å². The molecule has 3 rings (SSSR count). The highest BCUT2D eigenvalue weighted by Crippen LogP contribution is 2.33. The molecule has 0 unspecified atom stereocenters. The van der Waals surface area contributed by atoms with Gasteiger partial charge in [0.25, 0.3) is 0 Å². The molecule has 1 heterocycles. The second kappa shape index (κ2) is 6.80. The fraction of sp³-hybridized carbons (Fsp3) is 0.111. The highest BCUT2D eigenvalue weighted by atomic mass is 79.9. The molecule has 3 nitrogen and oxygen atoms in total. The Labute approximate surface area is 151 Å². The molecule has 6 heteroatoms. The van der Waals surface area contributed by atoms with E-state index in [4.69, 9.17) is 5.26 Å². The van der Waals surface area contributed by atoms with E-state index >= 15 is 0 Å². The van der Waals surface area contributed by atoms with Crippen molar-refractivity contribution < 1.29 is 9.18 Å². The van der Waals surface area contributed by atoms with Crippen LogP contribution in [-0.2, 0) is 0 Å². The molecule has 0 atom stereocenters. The summed E-state index contributed by atoms with van der Waals surface area (Å²) in [4.78, 5) is 13.2. The minimum Gasteiger partial charge on any atom is -0.291 e. The number of ketones is 1. The molecule has 1 aromatic heterocycles. The van der Waals surface area contributed by atoms with E-state index in [9.17, 15) is 9.18 Å². The van der Waals surface area contributed by atoms with Crippen molar-refractivity contribution in [3.05, 3.63) is 64.0 Å². The molecule has 0 aliphatic rings.